The largest absolute Gasteiger partial charge is 0.507 e. The predicted octanol–water partition coefficient (Wildman–Crippen LogP) is 1.01. The van der Waals surface area contributed by atoms with Gasteiger partial charge in [-0.2, -0.15) is 0 Å². The van der Waals surface area contributed by atoms with Crippen molar-refractivity contribution in [3.8, 4) is 16.9 Å². The number of primary amides is 1. The van der Waals surface area contributed by atoms with Crippen LogP contribution in [0.15, 0.2) is 24.3 Å². The number of ketones is 3. The summed E-state index contributed by atoms with van der Waals surface area (Å²) in [7, 11) is 6.91. The molecule has 2 fully saturated rings. The molecule has 10 nitrogen and oxygen atoms in total. The number of aromatic hydroxyl groups is 1. The van der Waals surface area contributed by atoms with Gasteiger partial charge in [0.05, 0.1) is 17.6 Å². The number of hydrogen-bond acceptors (Lipinski definition) is 9. The molecule has 5 N–H and O–H groups in total. The van der Waals surface area contributed by atoms with Gasteiger partial charge in [0, 0.05) is 37.3 Å². The fourth-order valence-electron chi connectivity index (χ4n) is 7.62. The minimum atomic E-state index is -2.69. The van der Waals surface area contributed by atoms with Crippen LogP contribution < -0.4 is 10.6 Å². The number of amides is 1. The molecular formula is C31H37N3O7. The van der Waals surface area contributed by atoms with Crippen molar-refractivity contribution in [1.29, 1.82) is 0 Å². The summed E-state index contributed by atoms with van der Waals surface area (Å²) in [5.74, 6) is -9.13. The zero-order valence-electron chi connectivity index (χ0n) is 24.1. The first kappa shape index (κ1) is 28.9. The van der Waals surface area contributed by atoms with Crippen molar-refractivity contribution in [2.75, 3.05) is 33.1 Å². The molecule has 2 saturated carbocycles. The number of phenols is 1. The molecule has 0 saturated heterocycles. The number of aliphatic hydroxyl groups excluding tert-OH is 1. The number of phenolic OH excluding ortho intramolecular Hbond substituents is 1. The standard InChI is InChI=1S/C31H37N3O7/c1-13-7-14(2)9-15(8-13)17-12-20(33(3)4)18-10-16-11-19-24(34(5)6)27(37)23(30(32)40)29(39)31(19,41)28(38)21(16)26(36)22(18)25(17)35/h7-9,12,16,19,21,23-24,27,35,37,41H,10-11H2,1-6H3,(H2,32,40)/t16-,19-,21?,23?,24-,27?,31-/m1/s1. The summed E-state index contributed by atoms with van der Waals surface area (Å²) in [5.41, 5.74) is 7.16. The number of carbonyl (C=O) groups is 4. The molecule has 3 aliphatic rings. The molecule has 218 valence electrons. The van der Waals surface area contributed by atoms with Crippen LogP contribution in [-0.4, -0.2) is 89.4 Å². The molecule has 0 bridgehead atoms. The predicted molar refractivity (Wildman–Crippen MR) is 152 cm³/mol. The molecule has 3 unspecified atom stereocenters. The van der Waals surface area contributed by atoms with E-state index < -0.39 is 64.7 Å². The molecule has 0 spiro atoms. The summed E-state index contributed by atoms with van der Waals surface area (Å²) < 4.78 is 0. The number of anilines is 1. The van der Waals surface area contributed by atoms with Crippen LogP contribution in [0.3, 0.4) is 0 Å². The van der Waals surface area contributed by atoms with Gasteiger partial charge < -0.3 is 30.9 Å². The Labute approximate surface area is 238 Å². The molecule has 2 aromatic carbocycles. The first-order valence-corrected chi connectivity index (χ1v) is 13.7. The summed E-state index contributed by atoms with van der Waals surface area (Å²) in [4.78, 5) is 57.5. The number of Topliss-reactive ketones (excluding diaryl/α,β-unsaturated/α-hetero) is 3. The number of hydrogen-bond donors (Lipinski definition) is 4. The van der Waals surface area contributed by atoms with Crippen LogP contribution in [0.1, 0.15) is 33.5 Å². The van der Waals surface area contributed by atoms with Crippen LogP contribution >= 0.6 is 0 Å². The zero-order chi connectivity index (χ0) is 30.3. The number of nitrogens with two attached hydrogens (primary N) is 1. The average molecular weight is 564 g/mol. The molecule has 10 heteroatoms. The third-order valence-electron chi connectivity index (χ3n) is 9.28. The number of nitrogens with zero attached hydrogens (tertiary/aromatic N) is 2. The normalized spacial score (nSPS) is 31.0. The quantitative estimate of drug-likeness (QED) is 0.398. The van der Waals surface area contributed by atoms with Gasteiger partial charge in [0.15, 0.2) is 23.0 Å². The lowest BCUT2D eigenvalue weighted by Crippen LogP contribution is -2.75. The minimum absolute atomic E-state index is 0.000846. The summed E-state index contributed by atoms with van der Waals surface area (Å²) in [6, 6.07) is 6.70. The van der Waals surface area contributed by atoms with Crippen LogP contribution in [0.5, 0.6) is 5.75 Å². The van der Waals surface area contributed by atoms with E-state index in [4.69, 9.17) is 5.73 Å². The second-order valence-corrected chi connectivity index (χ2v) is 12.4. The molecule has 0 aliphatic heterocycles. The molecule has 0 radical (unpaired) electrons. The number of aliphatic hydroxyl groups is 2. The van der Waals surface area contributed by atoms with Crippen molar-refractivity contribution in [3.63, 3.8) is 0 Å². The van der Waals surface area contributed by atoms with Gasteiger partial charge in [0.1, 0.15) is 11.7 Å². The topological polar surface area (TPSA) is 161 Å². The van der Waals surface area contributed by atoms with Gasteiger partial charge in [-0.05, 0) is 63.9 Å². The molecular weight excluding hydrogens is 526 g/mol. The maximum Gasteiger partial charge on any atom is 0.230 e. The molecule has 1 amide bonds. The van der Waals surface area contributed by atoms with Crippen LogP contribution in [0.25, 0.3) is 11.1 Å². The van der Waals surface area contributed by atoms with Crippen molar-refractivity contribution in [2.24, 2.45) is 29.4 Å². The van der Waals surface area contributed by atoms with Gasteiger partial charge in [0.2, 0.25) is 5.91 Å². The van der Waals surface area contributed by atoms with Crippen molar-refractivity contribution in [2.45, 2.75) is 44.4 Å². The zero-order valence-corrected chi connectivity index (χ0v) is 24.1. The highest BCUT2D eigenvalue weighted by Gasteiger charge is 2.69. The number of carbonyl (C=O) groups excluding carboxylic acids is 4. The van der Waals surface area contributed by atoms with E-state index in [1.807, 2.05) is 57.1 Å². The monoisotopic (exact) mass is 563 g/mol. The maximum absolute atomic E-state index is 14.2. The van der Waals surface area contributed by atoms with Crippen molar-refractivity contribution in [1.82, 2.24) is 4.90 Å². The van der Waals surface area contributed by atoms with Crippen LogP contribution in [-0.2, 0) is 20.8 Å². The first-order chi connectivity index (χ1) is 19.1. The first-order valence-electron chi connectivity index (χ1n) is 13.7. The van der Waals surface area contributed by atoms with E-state index in [0.29, 0.717) is 22.4 Å². The average Bonchev–Trinajstić information content (AvgIpc) is 2.85. The Morgan fingerprint density at radius 3 is 2.15 bits per heavy atom. The number of aryl methyl sites for hydroxylation is 2. The molecule has 3 aliphatic carbocycles. The summed E-state index contributed by atoms with van der Waals surface area (Å²) in [6.07, 6.45) is -1.22. The SMILES string of the molecule is Cc1cc(C)cc(-c2cc(N(C)C)c3c(c2O)C(=O)C2C(=O)[C@@]4(O)C(=O)C(C(N)=O)C(O)[C@H](N(C)C)[C@H]4C[C@H]2C3)c1. The fraction of sp³-hybridized carbons (Fsp3) is 0.484. The molecule has 7 atom stereocenters. The van der Waals surface area contributed by atoms with Gasteiger partial charge in [-0.15, -0.1) is 0 Å². The van der Waals surface area contributed by atoms with Crippen LogP contribution in [0.2, 0.25) is 0 Å². The Morgan fingerprint density at radius 1 is 1.00 bits per heavy atom. The third-order valence-corrected chi connectivity index (χ3v) is 9.28. The van der Waals surface area contributed by atoms with E-state index in [0.717, 1.165) is 11.1 Å². The van der Waals surface area contributed by atoms with Crippen molar-refractivity contribution in [3.05, 3.63) is 46.5 Å². The fourth-order valence-corrected chi connectivity index (χ4v) is 7.62. The second kappa shape index (κ2) is 9.75. The molecule has 0 heterocycles. The number of likely N-dealkylation sites (N-methyl/N-ethyl adjacent to an activating group) is 1. The lowest BCUT2D eigenvalue weighted by molar-refractivity contribution is -0.190. The lowest BCUT2D eigenvalue weighted by Gasteiger charge is -2.55. The summed E-state index contributed by atoms with van der Waals surface area (Å²) >= 11 is 0. The smallest absolute Gasteiger partial charge is 0.230 e. The summed E-state index contributed by atoms with van der Waals surface area (Å²) in [5, 5.41) is 34.4. The number of benzene rings is 2. The molecule has 0 aromatic heterocycles. The summed E-state index contributed by atoms with van der Waals surface area (Å²) in [6.45, 7) is 3.87. The highest BCUT2D eigenvalue weighted by atomic mass is 16.3. The van der Waals surface area contributed by atoms with Gasteiger partial charge in [0.25, 0.3) is 0 Å². The Kier molecular flexibility index (Phi) is 6.88. The molecule has 2 aromatic rings. The van der Waals surface area contributed by atoms with Gasteiger partial charge in [-0.25, -0.2) is 0 Å². The minimum Gasteiger partial charge on any atom is -0.507 e. The Bertz CT molecular complexity index is 1480. The maximum atomic E-state index is 14.2. The molecule has 5 rings (SSSR count). The number of fused-ring (bicyclic) bond motifs is 3. The van der Waals surface area contributed by atoms with E-state index in [-0.39, 0.29) is 24.2 Å². The van der Waals surface area contributed by atoms with Gasteiger partial charge >= 0.3 is 0 Å². The van der Waals surface area contributed by atoms with E-state index in [1.54, 1.807) is 19.0 Å². The van der Waals surface area contributed by atoms with Crippen molar-refractivity contribution >= 4 is 28.9 Å². The molecule has 41 heavy (non-hydrogen) atoms. The van der Waals surface area contributed by atoms with Crippen molar-refractivity contribution < 1.29 is 34.5 Å². The third kappa shape index (κ3) is 4.11. The Hall–Kier alpha value is -3.60. The highest BCUT2D eigenvalue weighted by Crippen LogP contribution is 2.53. The second-order valence-electron chi connectivity index (χ2n) is 12.4. The van der Waals surface area contributed by atoms with E-state index in [2.05, 4.69) is 0 Å². The van der Waals surface area contributed by atoms with Crippen LogP contribution in [0, 0.1) is 37.5 Å². The van der Waals surface area contributed by atoms with Gasteiger partial charge in [-0.1, -0.05) is 29.3 Å². The number of rotatable bonds is 4. The van der Waals surface area contributed by atoms with Gasteiger partial charge in [-0.3, -0.25) is 19.2 Å². The van der Waals surface area contributed by atoms with E-state index >= 15 is 0 Å². The van der Waals surface area contributed by atoms with E-state index in [1.165, 1.54) is 0 Å². The highest BCUT2D eigenvalue weighted by molar-refractivity contribution is 6.26. The van der Waals surface area contributed by atoms with Crippen LogP contribution in [0.4, 0.5) is 5.69 Å². The van der Waals surface area contributed by atoms with E-state index in [9.17, 15) is 34.5 Å². The Morgan fingerprint density at radius 2 is 1.61 bits per heavy atom. The Balaban J connectivity index is 1.70. The lowest BCUT2D eigenvalue weighted by atomic mass is 9.52.